The van der Waals surface area contributed by atoms with Crippen LogP contribution < -0.4 is 5.73 Å². The van der Waals surface area contributed by atoms with E-state index in [0.29, 0.717) is 12.8 Å². The summed E-state index contributed by atoms with van der Waals surface area (Å²) in [6.07, 6.45) is 2.32. The van der Waals surface area contributed by atoms with E-state index < -0.39 is 9.84 Å². The highest BCUT2D eigenvalue weighted by Crippen LogP contribution is 2.20. The van der Waals surface area contributed by atoms with Gasteiger partial charge in [0.05, 0.1) is 0 Å². The van der Waals surface area contributed by atoms with Crippen molar-refractivity contribution < 1.29 is 12.8 Å². The normalized spacial score (nSPS) is 13.6. The van der Waals surface area contributed by atoms with Gasteiger partial charge in [-0.15, -0.1) is 0 Å². The van der Waals surface area contributed by atoms with E-state index in [1.807, 2.05) is 0 Å². The zero-order valence-corrected chi connectivity index (χ0v) is 10.9. The lowest BCUT2D eigenvalue weighted by Gasteiger charge is -2.14. The lowest BCUT2D eigenvalue weighted by Crippen LogP contribution is -2.14. The largest absolute Gasteiger partial charge is 0.324 e. The monoisotopic (exact) mass is 259 g/mol. The van der Waals surface area contributed by atoms with E-state index >= 15 is 0 Å². The van der Waals surface area contributed by atoms with Gasteiger partial charge in [-0.3, -0.25) is 0 Å². The highest BCUT2D eigenvalue weighted by Gasteiger charge is 2.11. The Balaban J connectivity index is 2.61. The van der Waals surface area contributed by atoms with Crippen LogP contribution in [-0.2, 0) is 9.84 Å². The van der Waals surface area contributed by atoms with Crippen molar-refractivity contribution in [1.82, 2.24) is 0 Å². The van der Waals surface area contributed by atoms with Gasteiger partial charge < -0.3 is 5.73 Å². The molecule has 5 heteroatoms. The number of halogens is 1. The van der Waals surface area contributed by atoms with Crippen molar-refractivity contribution in [3.63, 3.8) is 0 Å². The third-order valence-corrected chi connectivity index (χ3v) is 3.69. The quantitative estimate of drug-likeness (QED) is 0.879. The molecule has 96 valence electrons. The average molecular weight is 259 g/mol. The molecule has 1 aromatic carbocycles. The molecule has 1 aromatic rings. The first kappa shape index (κ1) is 14.1. The van der Waals surface area contributed by atoms with Crippen LogP contribution in [0.2, 0.25) is 0 Å². The molecule has 0 spiro atoms. The SMILES string of the molecule is Cc1cc(F)ccc1C(N)CCCS(C)(=O)=O. The van der Waals surface area contributed by atoms with Crippen LogP contribution in [0.15, 0.2) is 18.2 Å². The van der Waals surface area contributed by atoms with Crippen LogP contribution in [-0.4, -0.2) is 20.4 Å². The predicted octanol–water partition coefficient (Wildman–Crippen LogP) is 1.96. The summed E-state index contributed by atoms with van der Waals surface area (Å²) in [6.45, 7) is 1.80. The van der Waals surface area contributed by atoms with Crippen molar-refractivity contribution in [2.45, 2.75) is 25.8 Å². The lowest BCUT2D eigenvalue weighted by molar-refractivity contribution is 0.586. The van der Waals surface area contributed by atoms with Crippen LogP contribution in [0, 0.1) is 12.7 Å². The maximum atomic E-state index is 12.9. The zero-order chi connectivity index (χ0) is 13.1. The first-order valence-electron chi connectivity index (χ1n) is 5.49. The van der Waals surface area contributed by atoms with Gasteiger partial charge in [-0.2, -0.15) is 0 Å². The summed E-state index contributed by atoms with van der Waals surface area (Å²) in [6, 6.07) is 4.23. The minimum Gasteiger partial charge on any atom is -0.324 e. The minimum absolute atomic E-state index is 0.140. The summed E-state index contributed by atoms with van der Waals surface area (Å²) in [7, 11) is -2.93. The number of nitrogens with two attached hydrogens (primary N) is 1. The van der Waals surface area contributed by atoms with Crippen molar-refractivity contribution >= 4 is 9.84 Å². The second kappa shape index (κ2) is 5.60. The van der Waals surface area contributed by atoms with E-state index in [1.165, 1.54) is 18.4 Å². The van der Waals surface area contributed by atoms with E-state index in [2.05, 4.69) is 0 Å². The van der Waals surface area contributed by atoms with Gasteiger partial charge in [0, 0.05) is 18.1 Å². The molecular weight excluding hydrogens is 241 g/mol. The zero-order valence-electron chi connectivity index (χ0n) is 10.1. The molecular formula is C12H18FNO2S. The summed E-state index contributed by atoms with van der Waals surface area (Å²) >= 11 is 0. The molecule has 0 amide bonds. The van der Waals surface area contributed by atoms with Crippen molar-refractivity contribution in [2.75, 3.05) is 12.0 Å². The fourth-order valence-corrected chi connectivity index (χ4v) is 2.47. The molecule has 0 fully saturated rings. The Morgan fingerprint density at radius 3 is 2.59 bits per heavy atom. The standard InChI is InChI=1S/C12H18FNO2S/c1-9-8-10(13)5-6-11(9)12(14)4-3-7-17(2,15)16/h5-6,8,12H,3-4,7,14H2,1-2H3. The third kappa shape index (κ3) is 4.83. The smallest absolute Gasteiger partial charge is 0.147 e. The molecule has 1 unspecified atom stereocenters. The average Bonchev–Trinajstić information content (AvgIpc) is 2.15. The van der Waals surface area contributed by atoms with Crippen LogP contribution in [0.1, 0.15) is 30.0 Å². The van der Waals surface area contributed by atoms with E-state index in [4.69, 9.17) is 5.73 Å². The van der Waals surface area contributed by atoms with Gasteiger partial charge in [-0.25, -0.2) is 12.8 Å². The van der Waals surface area contributed by atoms with Crippen LogP contribution >= 0.6 is 0 Å². The highest BCUT2D eigenvalue weighted by atomic mass is 32.2. The Bertz CT molecular complexity index is 485. The van der Waals surface area contributed by atoms with Gasteiger partial charge >= 0.3 is 0 Å². The van der Waals surface area contributed by atoms with Crippen LogP contribution in [0.5, 0.6) is 0 Å². The summed E-state index contributed by atoms with van der Waals surface area (Å²) in [5, 5.41) is 0. The van der Waals surface area contributed by atoms with E-state index in [0.717, 1.165) is 11.1 Å². The van der Waals surface area contributed by atoms with Gasteiger partial charge in [-0.1, -0.05) is 6.07 Å². The molecule has 17 heavy (non-hydrogen) atoms. The van der Waals surface area contributed by atoms with Gasteiger partial charge in [0.25, 0.3) is 0 Å². The maximum Gasteiger partial charge on any atom is 0.147 e. The summed E-state index contributed by atoms with van der Waals surface area (Å²) in [4.78, 5) is 0. The third-order valence-electron chi connectivity index (χ3n) is 2.66. The van der Waals surface area contributed by atoms with E-state index in [9.17, 15) is 12.8 Å². The molecule has 0 radical (unpaired) electrons. The van der Waals surface area contributed by atoms with Crippen molar-refractivity contribution in [3.8, 4) is 0 Å². The van der Waals surface area contributed by atoms with Gasteiger partial charge in [0.15, 0.2) is 0 Å². The summed E-state index contributed by atoms with van der Waals surface area (Å²) in [5.41, 5.74) is 7.64. The number of benzene rings is 1. The molecule has 1 rings (SSSR count). The minimum atomic E-state index is -2.93. The number of rotatable bonds is 5. The Labute approximate surface area is 102 Å². The fourth-order valence-electron chi connectivity index (χ4n) is 1.78. The Morgan fingerprint density at radius 1 is 1.41 bits per heavy atom. The molecule has 0 aromatic heterocycles. The summed E-state index contributed by atoms with van der Waals surface area (Å²) in [5.74, 6) is -0.143. The molecule has 0 aliphatic heterocycles. The lowest BCUT2D eigenvalue weighted by atomic mass is 9.98. The molecule has 3 nitrogen and oxygen atoms in total. The van der Waals surface area contributed by atoms with Gasteiger partial charge in [0.2, 0.25) is 0 Å². The second-order valence-corrected chi connectivity index (χ2v) is 6.64. The van der Waals surface area contributed by atoms with E-state index in [1.54, 1.807) is 13.0 Å². The molecule has 0 saturated heterocycles. The van der Waals surface area contributed by atoms with Crippen molar-refractivity contribution in [1.29, 1.82) is 0 Å². The Hall–Kier alpha value is -0.940. The maximum absolute atomic E-state index is 12.9. The van der Waals surface area contributed by atoms with Crippen LogP contribution in [0.4, 0.5) is 4.39 Å². The molecule has 1 atom stereocenters. The fraction of sp³-hybridized carbons (Fsp3) is 0.500. The first-order chi connectivity index (χ1) is 7.79. The predicted molar refractivity (Wildman–Crippen MR) is 67.0 cm³/mol. The molecule has 0 aliphatic carbocycles. The molecule has 0 aliphatic rings. The number of aryl methyl sites for hydroxylation is 1. The number of sulfone groups is 1. The van der Waals surface area contributed by atoms with Gasteiger partial charge in [0.1, 0.15) is 15.7 Å². The molecule has 0 heterocycles. The van der Waals surface area contributed by atoms with E-state index in [-0.39, 0.29) is 17.6 Å². The molecule has 2 N–H and O–H groups in total. The topological polar surface area (TPSA) is 60.2 Å². The van der Waals surface area contributed by atoms with Crippen LogP contribution in [0.3, 0.4) is 0 Å². The molecule has 0 bridgehead atoms. The number of hydrogen-bond donors (Lipinski definition) is 1. The van der Waals surface area contributed by atoms with Crippen molar-refractivity contribution in [3.05, 3.63) is 35.1 Å². The Kier molecular flexibility index (Phi) is 4.65. The van der Waals surface area contributed by atoms with Crippen molar-refractivity contribution in [2.24, 2.45) is 5.73 Å². The Morgan fingerprint density at radius 2 is 2.06 bits per heavy atom. The highest BCUT2D eigenvalue weighted by molar-refractivity contribution is 7.90. The second-order valence-electron chi connectivity index (χ2n) is 4.38. The molecule has 0 saturated carbocycles. The number of hydrogen-bond acceptors (Lipinski definition) is 3. The summed E-state index contributed by atoms with van der Waals surface area (Å²) < 4.78 is 34.8. The van der Waals surface area contributed by atoms with Crippen LogP contribution in [0.25, 0.3) is 0 Å². The first-order valence-corrected chi connectivity index (χ1v) is 7.55. The van der Waals surface area contributed by atoms with Gasteiger partial charge in [-0.05, 0) is 43.0 Å².